The maximum absolute atomic E-state index is 13.8. The maximum Gasteiger partial charge on any atom is 0.313 e. The predicted molar refractivity (Wildman–Crippen MR) is 103 cm³/mol. The number of carbonyl (C=O) groups is 2. The summed E-state index contributed by atoms with van der Waals surface area (Å²) in [5.74, 6) is 0.495. The average molecular weight is 395 g/mol. The highest BCUT2D eigenvalue weighted by molar-refractivity contribution is 5.96. The Hall–Kier alpha value is -2.70. The van der Waals surface area contributed by atoms with Crippen molar-refractivity contribution >= 4 is 11.9 Å². The lowest BCUT2D eigenvalue weighted by molar-refractivity contribution is -0.174. The third-order valence-corrected chi connectivity index (χ3v) is 7.69. The van der Waals surface area contributed by atoms with Crippen molar-refractivity contribution in [1.29, 1.82) is 0 Å². The van der Waals surface area contributed by atoms with E-state index in [1.54, 1.807) is 4.90 Å². The second kappa shape index (κ2) is 5.90. The van der Waals surface area contributed by atoms with Crippen molar-refractivity contribution in [1.82, 2.24) is 15.1 Å². The molecule has 1 aromatic carbocycles. The monoisotopic (exact) mass is 395 g/mol. The van der Waals surface area contributed by atoms with E-state index in [-0.39, 0.29) is 17.9 Å². The molecule has 2 saturated heterocycles. The number of likely N-dealkylation sites (tertiary alicyclic amines) is 1. The number of aromatic nitrogens is 2. The van der Waals surface area contributed by atoms with Crippen LogP contribution in [-0.2, 0) is 14.3 Å². The van der Waals surface area contributed by atoms with Crippen molar-refractivity contribution in [2.75, 3.05) is 6.54 Å². The molecule has 5 rings (SSSR count). The Morgan fingerprint density at radius 3 is 2.55 bits per heavy atom. The fraction of sp³-hybridized carbons (Fsp3) is 0.545. The highest BCUT2D eigenvalue weighted by Crippen LogP contribution is 2.66. The summed E-state index contributed by atoms with van der Waals surface area (Å²) in [5.41, 5.74) is -1.45. The van der Waals surface area contributed by atoms with Crippen LogP contribution in [0.25, 0.3) is 11.5 Å². The van der Waals surface area contributed by atoms with Crippen molar-refractivity contribution in [3.63, 3.8) is 0 Å². The number of hydrogen-bond acceptors (Lipinski definition) is 6. The molecule has 3 aliphatic rings. The van der Waals surface area contributed by atoms with Crippen LogP contribution < -0.4 is 0 Å². The van der Waals surface area contributed by atoms with E-state index in [1.165, 1.54) is 0 Å². The molecule has 1 aliphatic carbocycles. The van der Waals surface area contributed by atoms with Gasteiger partial charge in [0.2, 0.25) is 11.8 Å². The number of esters is 1. The minimum Gasteiger partial charge on any atom is -0.448 e. The van der Waals surface area contributed by atoms with E-state index < -0.39 is 16.4 Å². The third-order valence-electron chi connectivity index (χ3n) is 7.69. The molecule has 0 radical (unpaired) electrons. The molecule has 3 unspecified atom stereocenters. The van der Waals surface area contributed by atoms with Gasteiger partial charge >= 0.3 is 5.97 Å². The first-order valence-corrected chi connectivity index (χ1v) is 10.2. The summed E-state index contributed by atoms with van der Waals surface area (Å²) >= 11 is 0. The molecule has 2 bridgehead atoms. The van der Waals surface area contributed by atoms with E-state index in [4.69, 9.17) is 9.15 Å². The lowest BCUT2D eigenvalue weighted by Gasteiger charge is -2.39. The van der Waals surface area contributed by atoms with Crippen molar-refractivity contribution in [3.05, 3.63) is 36.2 Å². The van der Waals surface area contributed by atoms with E-state index in [2.05, 4.69) is 10.2 Å². The molecular weight excluding hydrogens is 370 g/mol. The Morgan fingerprint density at radius 2 is 1.90 bits per heavy atom. The smallest absolute Gasteiger partial charge is 0.313 e. The first-order chi connectivity index (χ1) is 13.8. The summed E-state index contributed by atoms with van der Waals surface area (Å²) in [4.78, 5) is 28.1. The minimum atomic E-state index is -1.11. The topological polar surface area (TPSA) is 85.5 Å². The van der Waals surface area contributed by atoms with Crippen LogP contribution in [0.15, 0.2) is 34.7 Å². The molecule has 3 heterocycles. The lowest BCUT2D eigenvalue weighted by Crippen LogP contribution is -2.54. The number of ether oxygens (including phenoxy) is 1. The summed E-state index contributed by atoms with van der Waals surface area (Å²) in [6, 6.07) is 9.29. The van der Waals surface area contributed by atoms with Crippen molar-refractivity contribution in [2.24, 2.45) is 10.8 Å². The van der Waals surface area contributed by atoms with Crippen LogP contribution in [0.2, 0.25) is 0 Å². The Kier molecular flexibility index (Phi) is 3.73. The van der Waals surface area contributed by atoms with Crippen LogP contribution >= 0.6 is 0 Å². The molecule has 3 atom stereocenters. The van der Waals surface area contributed by atoms with E-state index in [0.717, 1.165) is 18.4 Å². The molecule has 3 fully saturated rings. The molecule has 0 spiro atoms. The molecule has 29 heavy (non-hydrogen) atoms. The fourth-order valence-corrected chi connectivity index (χ4v) is 5.29. The molecule has 152 valence electrons. The Labute approximate surface area is 169 Å². The molecular formula is C22H25N3O4. The van der Waals surface area contributed by atoms with Gasteiger partial charge in [-0.2, -0.15) is 0 Å². The van der Waals surface area contributed by atoms with Crippen LogP contribution in [0.5, 0.6) is 0 Å². The molecule has 2 aromatic rings. The summed E-state index contributed by atoms with van der Waals surface area (Å²) in [7, 11) is 0. The highest BCUT2D eigenvalue weighted by atomic mass is 16.6. The average Bonchev–Trinajstić information content (AvgIpc) is 3.45. The zero-order chi connectivity index (χ0) is 20.4. The van der Waals surface area contributed by atoms with E-state index in [0.29, 0.717) is 31.2 Å². The van der Waals surface area contributed by atoms with Crippen molar-refractivity contribution in [2.45, 2.75) is 58.1 Å². The summed E-state index contributed by atoms with van der Waals surface area (Å²) in [6.45, 7) is 6.48. The standard InChI is InChI=1S/C22H25N3O4/c1-20(2)21(3)11-12-22(20,29-19(21)27)18(26)25-13-7-10-15(25)17-24-23-16(28-17)14-8-5-4-6-9-14/h4-6,8-9,15H,7,10-13H2,1-3H3. The fourth-order valence-electron chi connectivity index (χ4n) is 5.29. The van der Waals surface area contributed by atoms with Crippen molar-refractivity contribution in [3.8, 4) is 11.5 Å². The number of carbonyl (C=O) groups excluding carboxylic acids is 2. The molecule has 1 saturated carbocycles. The number of fused-ring (bicyclic) bond motifs is 2. The van der Waals surface area contributed by atoms with Crippen LogP contribution in [-0.4, -0.2) is 39.1 Å². The quantitative estimate of drug-likeness (QED) is 0.739. The van der Waals surface area contributed by atoms with Gasteiger partial charge in [0, 0.05) is 17.5 Å². The molecule has 1 amide bonds. The van der Waals surface area contributed by atoms with Gasteiger partial charge in [0.1, 0.15) is 6.04 Å². The van der Waals surface area contributed by atoms with Crippen LogP contribution in [0.4, 0.5) is 0 Å². The first kappa shape index (κ1) is 18.3. The Morgan fingerprint density at radius 1 is 1.14 bits per heavy atom. The second-order valence-electron chi connectivity index (χ2n) is 9.14. The number of amides is 1. The Bertz CT molecular complexity index is 985. The molecule has 7 nitrogen and oxygen atoms in total. The van der Waals surface area contributed by atoms with E-state index >= 15 is 0 Å². The molecule has 7 heteroatoms. The van der Waals surface area contributed by atoms with Gasteiger partial charge in [0.15, 0.2) is 5.60 Å². The van der Waals surface area contributed by atoms with Gasteiger partial charge in [-0.25, -0.2) is 0 Å². The lowest BCUT2D eigenvalue weighted by atomic mass is 9.66. The molecule has 1 aromatic heterocycles. The number of nitrogens with zero attached hydrogens (tertiary/aromatic N) is 3. The van der Waals surface area contributed by atoms with Crippen LogP contribution in [0.1, 0.15) is 58.4 Å². The second-order valence-corrected chi connectivity index (χ2v) is 9.14. The first-order valence-electron chi connectivity index (χ1n) is 10.2. The van der Waals surface area contributed by atoms with Crippen LogP contribution in [0.3, 0.4) is 0 Å². The number of hydrogen-bond donors (Lipinski definition) is 0. The minimum absolute atomic E-state index is 0.126. The predicted octanol–water partition coefficient (Wildman–Crippen LogP) is 3.52. The van der Waals surface area contributed by atoms with Gasteiger partial charge in [0.05, 0.1) is 5.41 Å². The van der Waals surface area contributed by atoms with E-state index in [1.807, 2.05) is 51.1 Å². The summed E-state index contributed by atoms with van der Waals surface area (Å²) in [6.07, 6.45) is 2.83. The summed E-state index contributed by atoms with van der Waals surface area (Å²) in [5, 5.41) is 8.42. The summed E-state index contributed by atoms with van der Waals surface area (Å²) < 4.78 is 11.7. The number of benzene rings is 1. The molecule has 0 N–H and O–H groups in total. The highest BCUT2D eigenvalue weighted by Gasteiger charge is 2.76. The van der Waals surface area contributed by atoms with E-state index in [9.17, 15) is 9.59 Å². The van der Waals surface area contributed by atoms with Gasteiger partial charge in [-0.05, 0) is 44.7 Å². The van der Waals surface area contributed by atoms with Gasteiger partial charge < -0.3 is 14.1 Å². The third kappa shape index (κ3) is 2.24. The zero-order valence-corrected chi connectivity index (χ0v) is 17.0. The Balaban J connectivity index is 1.46. The molecule has 2 aliphatic heterocycles. The number of rotatable bonds is 3. The van der Waals surface area contributed by atoms with Gasteiger partial charge in [-0.3, -0.25) is 9.59 Å². The zero-order valence-electron chi connectivity index (χ0n) is 17.0. The SMILES string of the molecule is CC12CCC(C(=O)N3CCCC3c3nnc(-c4ccccc4)o3)(OC1=O)C2(C)C. The van der Waals surface area contributed by atoms with Gasteiger partial charge in [-0.15, -0.1) is 10.2 Å². The maximum atomic E-state index is 13.8. The normalized spacial score (nSPS) is 32.6. The van der Waals surface area contributed by atoms with Gasteiger partial charge in [0.25, 0.3) is 5.91 Å². The van der Waals surface area contributed by atoms with Crippen LogP contribution in [0, 0.1) is 10.8 Å². The largest absolute Gasteiger partial charge is 0.448 e. The van der Waals surface area contributed by atoms with Gasteiger partial charge in [-0.1, -0.05) is 32.0 Å². The van der Waals surface area contributed by atoms with Crippen molar-refractivity contribution < 1.29 is 18.7 Å².